The molecule has 0 radical (unpaired) electrons. The topological polar surface area (TPSA) is 65.5 Å². The number of hydrogen-bond acceptors (Lipinski definition) is 6. The lowest BCUT2D eigenvalue weighted by Gasteiger charge is -2.31. The van der Waals surface area contributed by atoms with E-state index in [9.17, 15) is 18.4 Å². The maximum atomic E-state index is 14.5. The Bertz CT molecular complexity index is 1290. The standard InChI is InChI=1S/C28H28F2N4O3S/c29-21-9-7-20(8-10-21)25-18-24(26-6-3-17-38-26)31-34(25)27(35)19-33(12-11-32-13-15-37-16-14-32)28(36)22-4-1-2-5-23(22)30/h1-10,17,25H,11-16,18-19H2/t25-/m0/s1. The molecule has 2 aliphatic heterocycles. The summed E-state index contributed by atoms with van der Waals surface area (Å²) < 4.78 is 33.6. The second-order valence-corrected chi connectivity index (χ2v) is 10.1. The number of hydrazone groups is 1. The molecule has 2 amide bonds. The molecule has 198 valence electrons. The first-order chi connectivity index (χ1) is 18.5. The van der Waals surface area contributed by atoms with Crippen LogP contribution >= 0.6 is 11.3 Å². The number of amides is 2. The van der Waals surface area contributed by atoms with Crippen LogP contribution in [0.3, 0.4) is 0 Å². The SMILES string of the molecule is O=C(c1ccccc1F)N(CCN1CCOCC1)CC(=O)N1N=C(c2cccs2)C[C@H]1c1ccc(F)cc1. The number of nitrogens with zero attached hydrogens (tertiary/aromatic N) is 4. The van der Waals surface area contributed by atoms with Gasteiger partial charge in [0.05, 0.1) is 35.4 Å². The van der Waals surface area contributed by atoms with Crippen LogP contribution in [-0.2, 0) is 9.53 Å². The molecule has 1 fully saturated rings. The van der Waals surface area contributed by atoms with Crippen LogP contribution in [0.25, 0.3) is 0 Å². The number of ether oxygens (including phenoxy) is 1. The molecule has 1 saturated heterocycles. The molecule has 0 saturated carbocycles. The number of carbonyl (C=O) groups is 2. The van der Waals surface area contributed by atoms with Crippen LogP contribution in [0.4, 0.5) is 8.78 Å². The molecule has 5 rings (SSSR count). The van der Waals surface area contributed by atoms with E-state index in [0.29, 0.717) is 26.2 Å². The Morgan fingerprint density at radius 1 is 1.03 bits per heavy atom. The first-order valence-electron chi connectivity index (χ1n) is 12.5. The zero-order valence-corrected chi connectivity index (χ0v) is 21.6. The number of halogens is 2. The molecule has 1 atom stereocenters. The van der Waals surface area contributed by atoms with Gasteiger partial charge in [-0.05, 0) is 41.3 Å². The Balaban J connectivity index is 1.40. The van der Waals surface area contributed by atoms with E-state index in [0.717, 1.165) is 29.2 Å². The van der Waals surface area contributed by atoms with Crippen molar-refractivity contribution in [2.75, 3.05) is 45.9 Å². The van der Waals surface area contributed by atoms with Gasteiger partial charge in [0.1, 0.15) is 18.2 Å². The minimum atomic E-state index is -0.635. The summed E-state index contributed by atoms with van der Waals surface area (Å²) in [6, 6.07) is 15.2. The Kier molecular flexibility index (Phi) is 8.21. The van der Waals surface area contributed by atoms with Gasteiger partial charge in [-0.25, -0.2) is 13.8 Å². The van der Waals surface area contributed by atoms with Crippen molar-refractivity contribution in [3.05, 3.63) is 93.7 Å². The van der Waals surface area contributed by atoms with E-state index in [1.54, 1.807) is 18.2 Å². The fourth-order valence-electron chi connectivity index (χ4n) is 4.66. The smallest absolute Gasteiger partial charge is 0.262 e. The predicted octanol–water partition coefficient (Wildman–Crippen LogP) is 4.18. The van der Waals surface area contributed by atoms with Crippen LogP contribution in [0.2, 0.25) is 0 Å². The molecule has 0 aliphatic carbocycles. The third-order valence-corrected chi connectivity index (χ3v) is 7.65. The highest BCUT2D eigenvalue weighted by molar-refractivity contribution is 7.12. The lowest BCUT2D eigenvalue weighted by molar-refractivity contribution is -0.133. The molecule has 1 aromatic heterocycles. The summed E-state index contributed by atoms with van der Waals surface area (Å²) in [5.41, 5.74) is 1.42. The number of morpholine rings is 1. The highest BCUT2D eigenvalue weighted by Crippen LogP contribution is 2.34. The second kappa shape index (κ2) is 11.9. The Hall–Kier alpha value is -3.47. The van der Waals surface area contributed by atoms with Crippen LogP contribution < -0.4 is 0 Å². The van der Waals surface area contributed by atoms with Gasteiger partial charge >= 0.3 is 0 Å². The van der Waals surface area contributed by atoms with E-state index < -0.39 is 23.7 Å². The predicted molar refractivity (Wildman–Crippen MR) is 141 cm³/mol. The maximum Gasteiger partial charge on any atom is 0.262 e. The molecule has 0 spiro atoms. The molecule has 2 aliphatic rings. The molecule has 2 aromatic carbocycles. The highest BCUT2D eigenvalue weighted by Gasteiger charge is 2.35. The van der Waals surface area contributed by atoms with Gasteiger partial charge < -0.3 is 9.64 Å². The van der Waals surface area contributed by atoms with E-state index >= 15 is 0 Å². The van der Waals surface area contributed by atoms with Crippen molar-refractivity contribution in [1.29, 1.82) is 0 Å². The summed E-state index contributed by atoms with van der Waals surface area (Å²) in [7, 11) is 0. The van der Waals surface area contributed by atoms with Gasteiger partial charge in [-0.1, -0.05) is 30.3 Å². The molecule has 7 nitrogen and oxygen atoms in total. The van der Waals surface area contributed by atoms with Gasteiger partial charge in [-0.2, -0.15) is 5.10 Å². The summed E-state index contributed by atoms with van der Waals surface area (Å²) in [6.45, 7) is 3.17. The monoisotopic (exact) mass is 538 g/mol. The molecule has 0 unspecified atom stereocenters. The molecule has 38 heavy (non-hydrogen) atoms. The quantitative estimate of drug-likeness (QED) is 0.432. The average Bonchev–Trinajstić information content (AvgIpc) is 3.63. The zero-order valence-electron chi connectivity index (χ0n) is 20.8. The summed E-state index contributed by atoms with van der Waals surface area (Å²) in [4.78, 5) is 31.6. The molecular weight excluding hydrogens is 510 g/mol. The number of thiophene rings is 1. The second-order valence-electron chi connectivity index (χ2n) is 9.19. The van der Waals surface area contributed by atoms with E-state index in [-0.39, 0.29) is 24.5 Å². The van der Waals surface area contributed by atoms with Crippen LogP contribution in [0.15, 0.2) is 71.1 Å². The van der Waals surface area contributed by atoms with Crippen molar-refractivity contribution >= 4 is 28.9 Å². The average molecular weight is 539 g/mol. The minimum Gasteiger partial charge on any atom is -0.379 e. The minimum absolute atomic E-state index is 0.0819. The Morgan fingerprint density at radius 3 is 2.50 bits per heavy atom. The van der Waals surface area contributed by atoms with Crippen molar-refractivity contribution < 1.29 is 23.1 Å². The highest BCUT2D eigenvalue weighted by atomic mass is 32.1. The van der Waals surface area contributed by atoms with Crippen molar-refractivity contribution in [2.45, 2.75) is 12.5 Å². The van der Waals surface area contributed by atoms with Crippen molar-refractivity contribution in [3.8, 4) is 0 Å². The summed E-state index contributed by atoms with van der Waals surface area (Å²) in [5.74, 6) is -1.94. The van der Waals surface area contributed by atoms with E-state index in [1.807, 2.05) is 17.5 Å². The number of benzene rings is 2. The van der Waals surface area contributed by atoms with Crippen LogP contribution in [0.1, 0.15) is 33.3 Å². The molecule has 0 N–H and O–H groups in total. The zero-order chi connectivity index (χ0) is 26.5. The largest absolute Gasteiger partial charge is 0.379 e. The van der Waals surface area contributed by atoms with E-state index in [4.69, 9.17) is 4.74 Å². The molecule has 0 bridgehead atoms. The first-order valence-corrected chi connectivity index (χ1v) is 13.4. The van der Waals surface area contributed by atoms with Crippen molar-refractivity contribution in [2.24, 2.45) is 5.10 Å². The molecule has 10 heteroatoms. The maximum absolute atomic E-state index is 14.5. The van der Waals surface area contributed by atoms with Gasteiger partial charge in [-0.3, -0.25) is 14.5 Å². The van der Waals surface area contributed by atoms with Crippen molar-refractivity contribution in [3.63, 3.8) is 0 Å². The van der Waals surface area contributed by atoms with Crippen molar-refractivity contribution in [1.82, 2.24) is 14.8 Å². The summed E-state index contributed by atoms with van der Waals surface area (Å²) in [6.07, 6.45) is 0.465. The Labute approximate surface area is 223 Å². The summed E-state index contributed by atoms with van der Waals surface area (Å²) in [5, 5.41) is 7.97. The molecule has 3 aromatic rings. The lowest BCUT2D eigenvalue weighted by Crippen LogP contribution is -2.46. The van der Waals surface area contributed by atoms with Gasteiger partial charge in [0, 0.05) is 32.6 Å². The van der Waals surface area contributed by atoms with Crippen LogP contribution in [0.5, 0.6) is 0 Å². The normalized spacial score (nSPS) is 17.9. The Morgan fingerprint density at radius 2 is 1.79 bits per heavy atom. The van der Waals surface area contributed by atoms with Gasteiger partial charge in [0.25, 0.3) is 11.8 Å². The first kappa shape index (κ1) is 26.1. The van der Waals surface area contributed by atoms with Gasteiger partial charge in [0.2, 0.25) is 0 Å². The summed E-state index contributed by atoms with van der Waals surface area (Å²) >= 11 is 1.52. The fraction of sp³-hybridized carbons (Fsp3) is 0.321. The van der Waals surface area contributed by atoms with Crippen LogP contribution in [0, 0.1) is 11.6 Å². The van der Waals surface area contributed by atoms with Gasteiger partial charge in [-0.15, -0.1) is 11.3 Å². The lowest BCUT2D eigenvalue weighted by atomic mass is 10.0. The molecular formula is C28H28F2N4O3S. The fourth-order valence-corrected chi connectivity index (χ4v) is 5.38. The number of hydrogen-bond donors (Lipinski definition) is 0. The third kappa shape index (κ3) is 5.98. The van der Waals surface area contributed by atoms with Crippen LogP contribution in [-0.4, -0.2) is 78.3 Å². The van der Waals surface area contributed by atoms with E-state index in [1.165, 1.54) is 51.6 Å². The third-order valence-electron chi connectivity index (χ3n) is 6.73. The number of rotatable bonds is 8. The van der Waals surface area contributed by atoms with Gasteiger partial charge in [0.15, 0.2) is 0 Å². The number of carbonyl (C=O) groups excluding carboxylic acids is 2. The van der Waals surface area contributed by atoms with E-state index in [2.05, 4.69) is 10.0 Å². The molecule has 3 heterocycles.